The van der Waals surface area contributed by atoms with Gasteiger partial charge in [0.05, 0.1) is 6.04 Å². The summed E-state index contributed by atoms with van der Waals surface area (Å²) in [5, 5.41) is 12.3. The van der Waals surface area contributed by atoms with Gasteiger partial charge in [0, 0.05) is 13.0 Å². The van der Waals surface area contributed by atoms with E-state index in [-0.39, 0.29) is 12.1 Å². The van der Waals surface area contributed by atoms with Gasteiger partial charge in [-0.3, -0.25) is 14.4 Å². The van der Waals surface area contributed by atoms with Gasteiger partial charge in [-0.15, -0.1) is 0 Å². The molecular formula is C20H31FN2O6. The summed E-state index contributed by atoms with van der Waals surface area (Å²) >= 11 is 0. The van der Waals surface area contributed by atoms with E-state index >= 15 is 0 Å². The minimum absolute atomic E-state index is 0.128. The summed E-state index contributed by atoms with van der Waals surface area (Å²) < 4.78 is 16.6. The number of ketones is 1. The van der Waals surface area contributed by atoms with Crippen molar-refractivity contribution in [2.24, 2.45) is 5.92 Å². The number of rotatable bonds is 8. The lowest BCUT2D eigenvalue weighted by molar-refractivity contribution is -0.134. The van der Waals surface area contributed by atoms with Crippen LogP contribution in [0.1, 0.15) is 40.2 Å². The Bertz CT molecular complexity index is 606. The zero-order chi connectivity index (χ0) is 22.8. The predicted molar refractivity (Wildman–Crippen MR) is 107 cm³/mol. The van der Waals surface area contributed by atoms with Crippen LogP contribution < -0.4 is 10.6 Å². The third kappa shape index (κ3) is 18.2. The van der Waals surface area contributed by atoms with E-state index in [4.69, 9.17) is 14.6 Å². The molecule has 2 atom stereocenters. The molecule has 2 unspecified atom stereocenters. The van der Waals surface area contributed by atoms with Gasteiger partial charge >= 0.3 is 6.09 Å². The number of carboxylic acid groups (broad SMARTS) is 1. The molecule has 0 bridgehead atoms. The van der Waals surface area contributed by atoms with E-state index in [0.29, 0.717) is 18.9 Å². The summed E-state index contributed by atoms with van der Waals surface area (Å²) in [4.78, 5) is 40.4. The molecule has 1 rings (SSSR count). The van der Waals surface area contributed by atoms with Crippen molar-refractivity contribution < 1.29 is 33.4 Å². The number of carboxylic acids is 1. The highest BCUT2D eigenvalue weighted by molar-refractivity contribution is 5.86. The maximum atomic E-state index is 11.5. The number of alkyl carbamates (subject to hydrolysis) is 1. The van der Waals surface area contributed by atoms with Gasteiger partial charge in [-0.25, -0.2) is 9.18 Å². The molecule has 0 radical (unpaired) electrons. The molecule has 0 aromatic heterocycles. The highest BCUT2D eigenvalue weighted by Gasteiger charge is 2.11. The third-order valence-electron chi connectivity index (χ3n) is 3.49. The highest BCUT2D eigenvalue weighted by atomic mass is 19.1. The fraction of sp³-hybridized carbons (Fsp3) is 0.500. The maximum absolute atomic E-state index is 11.5. The molecule has 0 spiro atoms. The minimum atomic E-state index is -1.03. The Morgan fingerprint density at radius 1 is 1.14 bits per heavy atom. The molecule has 8 nitrogen and oxygen atoms in total. The monoisotopic (exact) mass is 414 g/mol. The van der Waals surface area contributed by atoms with Crippen molar-refractivity contribution in [1.82, 2.24) is 10.6 Å². The Kier molecular flexibility index (Phi) is 16.7. The number of halogens is 1. The van der Waals surface area contributed by atoms with Crippen LogP contribution in [-0.4, -0.2) is 48.1 Å². The number of hydrogen-bond donors (Lipinski definition) is 3. The highest BCUT2D eigenvalue weighted by Crippen LogP contribution is 2.03. The van der Waals surface area contributed by atoms with Crippen LogP contribution in [0.2, 0.25) is 0 Å². The first-order chi connectivity index (χ1) is 13.5. The second-order valence-corrected chi connectivity index (χ2v) is 6.36. The number of carbonyl (C=O) groups excluding carboxylic acids is 3. The molecule has 0 saturated carbocycles. The van der Waals surface area contributed by atoms with E-state index in [1.165, 1.54) is 6.92 Å². The van der Waals surface area contributed by atoms with E-state index in [0.717, 1.165) is 12.5 Å². The summed E-state index contributed by atoms with van der Waals surface area (Å²) in [6, 6.07) is 9.07. The number of Topliss-reactive ketones (excluding diaryl/α,β-unsaturated/α-hetero) is 1. The van der Waals surface area contributed by atoms with Crippen LogP contribution in [0, 0.1) is 5.92 Å². The van der Waals surface area contributed by atoms with Gasteiger partial charge in [-0.2, -0.15) is 0 Å². The molecule has 1 aromatic rings. The Morgan fingerprint density at radius 3 is 2.07 bits per heavy atom. The number of nitrogens with one attached hydrogen (secondary N) is 2. The molecule has 3 N–H and O–H groups in total. The SMILES string of the molecule is CC(=O)O.CC(C)C(C)NC(=O)OCc1ccccc1.CC(NC=O)C(=O)CF. The van der Waals surface area contributed by atoms with Gasteiger partial charge in [-0.1, -0.05) is 44.2 Å². The van der Waals surface area contributed by atoms with Crippen molar-refractivity contribution in [3.05, 3.63) is 35.9 Å². The molecular weight excluding hydrogens is 383 g/mol. The van der Waals surface area contributed by atoms with Crippen molar-refractivity contribution in [1.29, 1.82) is 0 Å². The molecule has 0 fully saturated rings. The lowest BCUT2D eigenvalue weighted by Gasteiger charge is -2.17. The van der Waals surface area contributed by atoms with Gasteiger partial charge in [-0.05, 0) is 25.3 Å². The standard InChI is InChI=1S/C13H19NO2.C5H8FNO2.C2H4O2/c1-10(2)11(3)14-13(15)16-9-12-7-5-4-6-8-12;1-4(7-3-8)5(9)2-6;1-2(3)4/h4-8,10-11H,9H2,1-3H3,(H,14,15);3-4H,2H2,1H3,(H,7,8);1H3,(H,3,4). The average molecular weight is 414 g/mol. The fourth-order valence-electron chi connectivity index (χ4n) is 1.43. The van der Waals surface area contributed by atoms with Crippen molar-refractivity contribution in [2.75, 3.05) is 6.67 Å². The van der Waals surface area contributed by atoms with Gasteiger partial charge < -0.3 is 20.5 Å². The molecule has 2 amide bonds. The summed E-state index contributed by atoms with van der Waals surface area (Å²) in [6.07, 6.45) is 0.0168. The molecule has 0 aliphatic carbocycles. The van der Waals surface area contributed by atoms with Gasteiger partial charge in [0.15, 0.2) is 5.78 Å². The van der Waals surface area contributed by atoms with Gasteiger partial charge in [0.2, 0.25) is 6.41 Å². The maximum Gasteiger partial charge on any atom is 0.407 e. The predicted octanol–water partition coefficient (Wildman–Crippen LogP) is 2.71. The van der Waals surface area contributed by atoms with Crippen molar-refractivity contribution >= 4 is 24.3 Å². The van der Waals surface area contributed by atoms with Crippen molar-refractivity contribution in [3.63, 3.8) is 0 Å². The van der Waals surface area contributed by atoms with Crippen LogP contribution in [0.4, 0.5) is 9.18 Å². The normalized spacial score (nSPS) is 11.4. The number of ether oxygens (including phenoxy) is 1. The van der Waals surface area contributed by atoms with Gasteiger partial charge in [0.1, 0.15) is 13.3 Å². The number of amides is 2. The Hall–Kier alpha value is -2.97. The molecule has 0 aliphatic heterocycles. The first-order valence-electron chi connectivity index (χ1n) is 9.00. The first-order valence-corrected chi connectivity index (χ1v) is 9.00. The number of benzene rings is 1. The summed E-state index contributed by atoms with van der Waals surface area (Å²) in [7, 11) is 0. The average Bonchev–Trinajstić information content (AvgIpc) is 2.66. The minimum Gasteiger partial charge on any atom is -0.481 e. The number of alkyl halides is 1. The van der Waals surface area contributed by atoms with E-state index in [2.05, 4.69) is 24.5 Å². The molecule has 29 heavy (non-hydrogen) atoms. The fourth-order valence-corrected chi connectivity index (χ4v) is 1.43. The molecule has 9 heteroatoms. The quantitative estimate of drug-likeness (QED) is 0.562. The van der Waals surface area contributed by atoms with Crippen LogP contribution in [0.5, 0.6) is 0 Å². The smallest absolute Gasteiger partial charge is 0.407 e. The van der Waals surface area contributed by atoms with Crippen molar-refractivity contribution in [2.45, 2.75) is 53.3 Å². The van der Waals surface area contributed by atoms with Crippen LogP contribution >= 0.6 is 0 Å². The van der Waals surface area contributed by atoms with E-state index in [1.54, 1.807) is 0 Å². The Morgan fingerprint density at radius 2 is 1.66 bits per heavy atom. The lowest BCUT2D eigenvalue weighted by Crippen LogP contribution is -2.36. The molecule has 164 valence electrons. The van der Waals surface area contributed by atoms with E-state index in [1.807, 2.05) is 37.3 Å². The molecule has 0 heterocycles. The second kappa shape index (κ2) is 17.2. The van der Waals surface area contributed by atoms with E-state index < -0.39 is 24.5 Å². The summed E-state index contributed by atoms with van der Waals surface area (Å²) in [5.41, 5.74) is 0.995. The lowest BCUT2D eigenvalue weighted by atomic mass is 10.1. The van der Waals surface area contributed by atoms with Crippen molar-refractivity contribution in [3.8, 4) is 0 Å². The van der Waals surface area contributed by atoms with Crippen LogP contribution in [0.3, 0.4) is 0 Å². The number of carbonyl (C=O) groups is 4. The second-order valence-electron chi connectivity index (χ2n) is 6.36. The van der Waals surface area contributed by atoms with Gasteiger partial charge in [0.25, 0.3) is 5.97 Å². The molecule has 1 aromatic carbocycles. The Labute approximate surface area is 170 Å². The first kappa shape index (κ1) is 28.2. The topological polar surface area (TPSA) is 122 Å². The van der Waals surface area contributed by atoms with Crippen LogP contribution in [0.15, 0.2) is 30.3 Å². The van der Waals surface area contributed by atoms with E-state index in [9.17, 15) is 18.8 Å². The zero-order valence-corrected chi connectivity index (χ0v) is 17.5. The van der Waals surface area contributed by atoms with Crippen LogP contribution in [-0.2, 0) is 25.7 Å². The largest absolute Gasteiger partial charge is 0.481 e. The third-order valence-corrected chi connectivity index (χ3v) is 3.49. The number of hydrogen-bond acceptors (Lipinski definition) is 5. The molecule has 0 aliphatic rings. The summed E-state index contributed by atoms with van der Waals surface area (Å²) in [5.74, 6) is -1.04. The zero-order valence-electron chi connectivity index (χ0n) is 17.5. The summed E-state index contributed by atoms with van der Waals surface area (Å²) in [6.45, 7) is 7.88. The Balaban J connectivity index is 0. The molecule has 0 saturated heterocycles. The number of aliphatic carboxylic acids is 1. The van der Waals surface area contributed by atoms with Crippen LogP contribution in [0.25, 0.3) is 0 Å².